The number of hydrogen-bond donors (Lipinski definition) is 0. The van der Waals surface area contributed by atoms with Crippen molar-refractivity contribution in [3.05, 3.63) is 46.8 Å². The van der Waals surface area contributed by atoms with E-state index in [4.69, 9.17) is 4.74 Å². The molecule has 0 saturated heterocycles. The maximum Gasteiger partial charge on any atom is 0.338 e. The van der Waals surface area contributed by atoms with E-state index in [0.717, 1.165) is 25.0 Å². The average molecular weight is 341 g/mol. The number of hydrogen-bond acceptors (Lipinski definition) is 4. The van der Waals surface area contributed by atoms with Gasteiger partial charge in [-0.2, -0.15) is 0 Å². The van der Waals surface area contributed by atoms with E-state index in [1.807, 2.05) is 49.8 Å². The van der Waals surface area contributed by atoms with Crippen LogP contribution in [0, 0.1) is 0 Å². The summed E-state index contributed by atoms with van der Waals surface area (Å²) < 4.78 is 7.18. The predicted molar refractivity (Wildman–Crippen MR) is 96.6 cm³/mol. The molecular weight excluding hydrogens is 314 g/mol. The fraction of sp³-hybridized carbons (Fsp3) is 0.550. The first kappa shape index (κ1) is 17.6. The minimum Gasteiger partial charge on any atom is -0.459 e. The van der Waals surface area contributed by atoms with Gasteiger partial charge in [-0.15, -0.1) is 5.10 Å². The average Bonchev–Trinajstić information content (AvgIpc) is 2.91. The Morgan fingerprint density at radius 2 is 2.00 bits per heavy atom. The van der Waals surface area contributed by atoms with Crippen molar-refractivity contribution in [1.82, 2.24) is 15.0 Å². The first-order chi connectivity index (χ1) is 12.0. The Balaban J connectivity index is 1.74. The number of ether oxygens (including phenoxy) is 1. The summed E-state index contributed by atoms with van der Waals surface area (Å²) in [7, 11) is 1.99. The number of nitrogens with zero attached hydrogens (tertiary/aromatic N) is 3. The highest BCUT2D eigenvalue weighted by molar-refractivity contribution is 5.89. The lowest BCUT2D eigenvalue weighted by molar-refractivity contribution is 0.0378. The van der Waals surface area contributed by atoms with Crippen molar-refractivity contribution in [3.8, 4) is 0 Å². The molecule has 1 aliphatic rings. The summed E-state index contributed by atoms with van der Waals surface area (Å²) in [6, 6.07) is 7.79. The molecule has 0 amide bonds. The summed E-state index contributed by atoms with van der Waals surface area (Å²) in [5.41, 5.74) is 4.27. The molecule has 1 unspecified atom stereocenters. The molecule has 1 aromatic heterocycles. The van der Waals surface area contributed by atoms with E-state index in [1.165, 1.54) is 30.5 Å². The minimum atomic E-state index is -0.260. The van der Waals surface area contributed by atoms with Crippen molar-refractivity contribution >= 4 is 5.97 Å². The zero-order valence-corrected chi connectivity index (χ0v) is 15.4. The molecule has 0 fully saturated rings. The molecule has 0 radical (unpaired) electrons. The van der Waals surface area contributed by atoms with E-state index in [9.17, 15) is 4.79 Å². The first-order valence-electron chi connectivity index (χ1n) is 9.23. The standard InChI is InChI=1S/C20H27N3O2/c1-14(2)25-20(24)16-11-9-15(10-12-16)13-17-7-5-4-6-8-18-19(17)21-22-23(18)3/h9-12,14,17H,4-8,13H2,1-3H3. The van der Waals surface area contributed by atoms with E-state index in [0.29, 0.717) is 11.5 Å². The number of aromatic nitrogens is 3. The summed E-state index contributed by atoms with van der Waals surface area (Å²) in [4.78, 5) is 12.0. The van der Waals surface area contributed by atoms with Crippen LogP contribution in [0.5, 0.6) is 0 Å². The lowest BCUT2D eigenvalue weighted by Crippen LogP contribution is -2.12. The Morgan fingerprint density at radius 3 is 2.72 bits per heavy atom. The van der Waals surface area contributed by atoms with Crippen molar-refractivity contribution in [3.63, 3.8) is 0 Å². The van der Waals surface area contributed by atoms with Crippen LogP contribution in [-0.4, -0.2) is 27.1 Å². The number of carbonyl (C=O) groups is 1. The van der Waals surface area contributed by atoms with Gasteiger partial charge in [0.15, 0.2) is 0 Å². The van der Waals surface area contributed by atoms with Gasteiger partial charge >= 0.3 is 5.97 Å². The molecule has 1 aromatic carbocycles. The fourth-order valence-corrected chi connectivity index (χ4v) is 3.54. The van der Waals surface area contributed by atoms with E-state index < -0.39 is 0 Å². The zero-order chi connectivity index (χ0) is 17.8. The molecule has 1 aliphatic carbocycles. The highest BCUT2D eigenvalue weighted by atomic mass is 16.5. The molecule has 25 heavy (non-hydrogen) atoms. The predicted octanol–water partition coefficient (Wildman–Crippen LogP) is 3.82. The van der Waals surface area contributed by atoms with E-state index in [1.54, 1.807) is 0 Å². The van der Waals surface area contributed by atoms with Crippen molar-refractivity contribution < 1.29 is 9.53 Å². The van der Waals surface area contributed by atoms with Crippen LogP contribution in [0.4, 0.5) is 0 Å². The van der Waals surface area contributed by atoms with Crippen LogP contribution in [0.3, 0.4) is 0 Å². The van der Waals surface area contributed by atoms with Crippen LogP contribution < -0.4 is 0 Å². The quantitative estimate of drug-likeness (QED) is 0.793. The molecule has 1 heterocycles. The summed E-state index contributed by atoms with van der Waals surface area (Å²) in [5, 5.41) is 8.70. The van der Waals surface area contributed by atoms with Crippen LogP contribution in [0.2, 0.25) is 0 Å². The Labute approximate surface area is 149 Å². The van der Waals surface area contributed by atoms with Gasteiger partial charge in [0.05, 0.1) is 23.1 Å². The third kappa shape index (κ3) is 4.27. The summed E-state index contributed by atoms with van der Waals surface area (Å²) in [5.74, 6) is 0.140. The molecule has 0 saturated carbocycles. The van der Waals surface area contributed by atoms with Crippen LogP contribution in [0.15, 0.2) is 24.3 Å². The number of rotatable bonds is 4. The molecule has 3 rings (SSSR count). The van der Waals surface area contributed by atoms with Crippen molar-refractivity contribution in [2.45, 2.75) is 64.4 Å². The Bertz CT molecular complexity index is 719. The van der Waals surface area contributed by atoms with Crippen LogP contribution in [0.1, 0.15) is 72.8 Å². The normalized spacial score (nSPS) is 17.7. The summed E-state index contributed by atoms with van der Waals surface area (Å²) in [6.45, 7) is 3.72. The second-order valence-electron chi connectivity index (χ2n) is 7.20. The molecule has 0 aliphatic heterocycles. The maximum atomic E-state index is 12.0. The molecule has 0 N–H and O–H groups in total. The molecule has 134 valence electrons. The molecule has 1 atom stereocenters. The molecule has 2 aromatic rings. The fourth-order valence-electron chi connectivity index (χ4n) is 3.54. The van der Waals surface area contributed by atoms with Gasteiger partial charge in [0.25, 0.3) is 0 Å². The van der Waals surface area contributed by atoms with Gasteiger partial charge in [0.1, 0.15) is 0 Å². The Hall–Kier alpha value is -2.17. The smallest absolute Gasteiger partial charge is 0.338 e. The number of benzene rings is 1. The van der Waals surface area contributed by atoms with Gasteiger partial charge in [-0.1, -0.05) is 30.2 Å². The second kappa shape index (κ2) is 7.81. The van der Waals surface area contributed by atoms with Crippen LogP contribution in [-0.2, 0) is 24.6 Å². The van der Waals surface area contributed by atoms with Crippen molar-refractivity contribution in [1.29, 1.82) is 0 Å². The van der Waals surface area contributed by atoms with Gasteiger partial charge < -0.3 is 4.74 Å². The molecule has 0 spiro atoms. The molecule has 0 bridgehead atoms. The van der Waals surface area contributed by atoms with E-state index in [2.05, 4.69) is 10.3 Å². The van der Waals surface area contributed by atoms with Gasteiger partial charge in [0, 0.05) is 13.0 Å². The largest absolute Gasteiger partial charge is 0.459 e. The van der Waals surface area contributed by atoms with Gasteiger partial charge in [0.2, 0.25) is 0 Å². The number of esters is 1. The van der Waals surface area contributed by atoms with E-state index in [-0.39, 0.29) is 12.1 Å². The highest BCUT2D eigenvalue weighted by Gasteiger charge is 2.23. The Morgan fingerprint density at radius 1 is 1.24 bits per heavy atom. The number of fused-ring (bicyclic) bond motifs is 1. The lowest BCUT2D eigenvalue weighted by atomic mass is 9.87. The van der Waals surface area contributed by atoms with Gasteiger partial charge in [-0.3, -0.25) is 4.68 Å². The first-order valence-corrected chi connectivity index (χ1v) is 9.23. The zero-order valence-electron chi connectivity index (χ0n) is 15.4. The van der Waals surface area contributed by atoms with E-state index >= 15 is 0 Å². The second-order valence-corrected chi connectivity index (χ2v) is 7.20. The molecule has 5 nitrogen and oxygen atoms in total. The minimum absolute atomic E-state index is 0.0998. The lowest BCUT2D eigenvalue weighted by Gasteiger charge is -2.19. The van der Waals surface area contributed by atoms with Gasteiger partial charge in [-0.05, 0) is 57.2 Å². The summed E-state index contributed by atoms with van der Waals surface area (Å²) in [6.07, 6.45) is 6.76. The summed E-state index contributed by atoms with van der Waals surface area (Å²) >= 11 is 0. The number of carbonyl (C=O) groups excluding carboxylic acids is 1. The highest BCUT2D eigenvalue weighted by Crippen LogP contribution is 2.30. The van der Waals surface area contributed by atoms with Crippen LogP contribution >= 0.6 is 0 Å². The SMILES string of the molecule is CC(C)OC(=O)c1ccc(CC2CCCCCc3c2nnn3C)cc1. The third-order valence-electron chi connectivity index (χ3n) is 4.84. The van der Waals surface area contributed by atoms with Gasteiger partial charge in [-0.25, -0.2) is 4.79 Å². The maximum absolute atomic E-state index is 12.0. The van der Waals surface area contributed by atoms with Crippen molar-refractivity contribution in [2.24, 2.45) is 7.05 Å². The Kier molecular flexibility index (Phi) is 5.51. The third-order valence-corrected chi connectivity index (χ3v) is 4.84. The molecular formula is C20H27N3O2. The van der Waals surface area contributed by atoms with Crippen molar-refractivity contribution in [2.75, 3.05) is 0 Å². The number of aryl methyl sites for hydroxylation is 1. The molecule has 5 heteroatoms. The van der Waals surface area contributed by atoms with Crippen LogP contribution in [0.25, 0.3) is 0 Å². The monoisotopic (exact) mass is 341 g/mol. The topological polar surface area (TPSA) is 57.0 Å².